The van der Waals surface area contributed by atoms with Gasteiger partial charge in [0.2, 0.25) is 0 Å². The van der Waals surface area contributed by atoms with Crippen LogP contribution >= 0.6 is 0 Å². The second kappa shape index (κ2) is 25.2. The van der Waals surface area contributed by atoms with Gasteiger partial charge in [-0.15, -0.1) is 0 Å². The number of rotatable bonds is 23. The van der Waals surface area contributed by atoms with Crippen molar-refractivity contribution in [3.63, 3.8) is 0 Å². The van der Waals surface area contributed by atoms with Crippen molar-refractivity contribution in [3.05, 3.63) is 24.3 Å². The van der Waals surface area contributed by atoms with Crippen molar-refractivity contribution in [3.8, 4) is 0 Å². The lowest BCUT2D eigenvalue weighted by Gasteiger charge is -2.09. The smallest absolute Gasteiger partial charge is 0.305 e. The van der Waals surface area contributed by atoms with Gasteiger partial charge in [-0.25, -0.2) is 0 Å². The monoisotopic (exact) mass is 436 g/mol. The maximum absolute atomic E-state index is 11.0. The predicted molar refractivity (Wildman–Crippen MR) is 134 cm³/mol. The maximum Gasteiger partial charge on any atom is 0.305 e. The summed E-state index contributed by atoms with van der Waals surface area (Å²) < 4.78 is 4.64. The molecule has 0 bridgehead atoms. The average Bonchev–Trinajstić information content (AvgIpc) is 2.78. The van der Waals surface area contributed by atoms with Gasteiger partial charge < -0.3 is 9.84 Å². The van der Waals surface area contributed by atoms with Crippen LogP contribution in [0.5, 0.6) is 0 Å². The van der Waals surface area contributed by atoms with Gasteiger partial charge >= 0.3 is 5.97 Å². The number of ether oxygens (including phenoxy) is 1. The topological polar surface area (TPSA) is 46.5 Å². The highest BCUT2D eigenvalue weighted by Crippen LogP contribution is 2.14. The molecule has 0 aromatic carbocycles. The zero-order valence-electron chi connectivity index (χ0n) is 20.8. The van der Waals surface area contributed by atoms with E-state index < -0.39 is 0 Å². The third-order valence-corrected chi connectivity index (χ3v) is 5.91. The van der Waals surface area contributed by atoms with Gasteiger partial charge in [0, 0.05) is 6.42 Å². The molecular weight excluding hydrogens is 384 g/mol. The number of aliphatic hydroxyl groups is 1. The number of aliphatic hydroxyl groups excluding tert-OH is 1. The van der Waals surface area contributed by atoms with Crippen LogP contribution in [0.2, 0.25) is 0 Å². The molecule has 0 fully saturated rings. The molecule has 0 saturated heterocycles. The van der Waals surface area contributed by atoms with Crippen LogP contribution < -0.4 is 0 Å². The van der Waals surface area contributed by atoms with Gasteiger partial charge in [-0.3, -0.25) is 4.79 Å². The number of hydrogen-bond acceptors (Lipinski definition) is 3. The minimum absolute atomic E-state index is 0.0620. The molecule has 1 N–H and O–H groups in total. The van der Waals surface area contributed by atoms with Gasteiger partial charge in [-0.05, 0) is 44.9 Å². The zero-order valence-corrected chi connectivity index (χ0v) is 20.8. The Hall–Kier alpha value is -1.09. The van der Waals surface area contributed by atoms with E-state index in [2.05, 4.69) is 36.0 Å². The summed E-state index contributed by atoms with van der Waals surface area (Å²) in [6.07, 6.45) is 32.3. The van der Waals surface area contributed by atoms with E-state index in [1.807, 2.05) is 0 Å². The molecule has 3 nitrogen and oxygen atoms in total. The molecule has 0 rings (SSSR count). The average molecular weight is 437 g/mol. The Bertz CT molecular complexity index is 428. The van der Waals surface area contributed by atoms with Crippen molar-refractivity contribution in [2.45, 2.75) is 141 Å². The summed E-state index contributed by atoms with van der Waals surface area (Å²) in [5.74, 6) is -0.0886. The molecule has 0 aliphatic carbocycles. The van der Waals surface area contributed by atoms with Crippen LogP contribution in [0.15, 0.2) is 24.3 Å². The molecule has 1 unspecified atom stereocenters. The fourth-order valence-corrected chi connectivity index (χ4v) is 3.81. The largest absolute Gasteiger partial charge is 0.469 e. The molecular formula is C28H52O3. The molecule has 0 aliphatic heterocycles. The number of allylic oxidation sites excluding steroid dienone is 4. The minimum atomic E-state index is -0.0886. The molecule has 0 saturated carbocycles. The van der Waals surface area contributed by atoms with E-state index in [0.717, 1.165) is 32.1 Å². The lowest BCUT2D eigenvalue weighted by molar-refractivity contribution is -0.140. The normalized spacial score (nSPS) is 12.7. The quantitative estimate of drug-likeness (QED) is 0.0992. The maximum atomic E-state index is 11.0. The number of carbonyl (C=O) groups is 1. The first-order chi connectivity index (χ1) is 15.2. The first-order valence-corrected chi connectivity index (χ1v) is 13.3. The molecule has 0 spiro atoms. The highest BCUT2D eigenvalue weighted by atomic mass is 16.5. The van der Waals surface area contributed by atoms with Crippen LogP contribution in [0.4, 0.5) is 0 Å². The molecule has 0 aromatic rings. The third-order valence-electron chi connectivity index (χ3n) is 5.91. The van der Waals surface area contributed by atoms with Crippen molar-refractivity contribution < 1.29 is 14.6 Å². The molecule has 0 heterocycles. The van der Waals surface area contributed by atoms with Crippen LogP contribution in [0.25, 0.3) is 0 Å². The summed E-state index contributed by atoms with van der Waals surface area (Å²) in [6, 6.07) is 0. The highest BCUT2D eigenvalue weighted by Gasteiger charge is 2.03. The Morgan fingerprint density at radius 1 is 0.710 bits per heavy atom. The van der Waals surface area contributed by atoms with E-state index in [0.29, 0.717) is 6.42 Å². The molecule has 3 heteroatoms. The lowest BCUT2D eigenvalue weighted by atomic mass is 10.0. The minimum Gasteiger partial charge on any atom is -0.469 e. The summed E-state index contributed by atoms with van der Waals surface area (Å²) in [5.41, 5.74) is 0. The van der Waals surface area contributed by atoms with E-state index in [1.54, 1.807) is 0 Å². The van der Waals surface area contributed by atoms with Crippen LogP contribution in [-0.4, -0.2) is 24.3 Å². The third kappa shape index (κ3) is 25.0. The molecule has 0 amide bonds. The van der Waals surface area contributed by atoms with Crippen molar-refractivity contribution in [1.29, 1.82) is 0 Å². The predicted octanol–water partition coefficient (Wildman–Crippen LogP) is 8.45. The first-order valence-electron chi connectivity index (χ1n) is 13.3. The SMILES string of the molecule is CCCCCCC(O)CCCCCCCC/C=C/C=C\CCCCCCCC(=O)OC. The number of carbonyl (C=O) groups excluding carboxylic acids is 1. The second-order valence-electron chi connectivity index (χ2n) is 8.94. The molecule has 0 aliphatic rings. The number of unbranched alkanes of at least 4 members (excludes halogenated alkanes) is 14. The number of esters is 1. The van der Waals surface area contributed by atoms with Gasteiger partial charge in [0.25, 0.3) is 0 Å². The van der Waals surface area contributed by atoms with Crippen molar-refractivity contribution in [1.82, 2.24) is 0 Å². The second-order valence-corrected chi connectivity index (χ2v) is 8.94. The van der Waals surface area contributed by atoms with E-state index in [9.17, 15) is 9.90 Å². The lowest BCUT2D eigenvalue weighted by Crippen LogP contribution is -2.05. The Morgan fingerprint density at radius 3 is 1.68 bits per heavy atom. The fraction of sp³-hybridized carbons (Fsp3) is 0.821. The first kappa shape index (κ1) is 29.9. The van der Waals surface area contributed by atoms with Gasteiger partial charge in [0.1, 0.15) is 0 Å². The summed E-state index contributed by atoms with van der Waals surface area (Å²) in [4.78, 5) is 11.0. The van der Waals surface area contributed by atoms with E-state index in [1.165, 1.54) is 97.0 Å². The zero-order chi connectivity index (χ0) is 22.8. The summed E-state index contributed by atoms with van der Waals surface area (Å²) in [5, 5.41) is 9.98. The molecule has 31 heavy (non-hydrogen) atoms. The van der Waals surface area contributed by atoms with Gasteiger partial charge in [0.15, 0.2) is 0 Å². The van der Waals surface area contributed by atoms with E-state index in [4.69, 9.17) is 0 Å². The summed E-state index contributed by atoms with van der Waals surface area (Å²) in [6.45, 7) is 2.23. The fourth-order valence-electron chi connectivity index (χ4n) is 3.81. The number of methoxy groups -OCH3 is 1. The Morgan fingerprint density at radius 2 is 1.16 bits per heavy atom. The van der Waals surface area contributed by atoms with Gasteiger partial charge in [-0.2, -0.15) is 0 Å². The van der Waals surface area contributed by atoms with Crippen molar-refractivity contribution in [2.75, 3.05) is 7.11 Å². The molecule has 1 atom stereocenters. The standard InChI is InChI=1S/C28H52O3/c1-3-4-5-21-24-27(29)25-22-19-17-15-13-11-9-7-6-8-10-12-14-16-18-20-23-26-28(30)31-2/h6-8,10,27,29H,3-5,9,11-26H2,1-2H3/b7-6+,10-8-. The summed E-state index contributed by atoms with van der Waals surface area (Å²) >= 11 is 0. The summed E-state index contributed by atoms with van der Waals surface area (Å²) in [7, 11) is 1.45. The highest BCUT2D eigenvalue weighted by molar-refractivity contribution is 5.68. The number of hydrogen-bond donors (Lipinski definition) is 1. The van der Waals surface area contributed by atoms with Crippen LogP contribution in [0.3, 0.4) is 0 Å². The van der Waals surface area contributed by atoms with Crippen LogP contribution in [-0.2, 0) is 9.53 Å². The van der Waals surface area contributed by atoms with Gasteiger partial charge in [-0.1, -0.05) is 108 Å². The van der Waals surface area contributed by atoms with Crippen molar-refractivity contribution in [2.24, 2.45) is 0 Å². The van der Waals surface area contributed by atoms with E-state index in [-0.39, 0.29) is 12.1 Å². The molecule has 0 aromatic heterocycles. The van der Waals surface area contributed by atoms with Crippen LogP contribution in [0, 0.1) is 0 Å². The van der Waals surface area contributed by atoms with Crippen molar-refractivity contribution >= 4 is 5.97 Å². The van der Waals surface area contributed by atoms with Gasteiger partial charge in [0.05, 0.1) is 13.2 Å². The Labute approximate surface area is 193 Å². The van der Waals surface area contributed by atoms with Crippen LogP contribution in [0.1, 0.15) is 135 Å². The molecule has 0 radical (unpaired) electrons. The van der Waals surface area contributed by atoms with E-state index >= 15 is 0 Å². The Kier molecular flexibility index (Phi) is 24.3. The Balaban J connectivity index is 3.27. The molecule has 182 valence electrons.